The lowest BCUT2D eigenvalue weighted by molar-refractivity contribution is -0.138. The molecule has 106 valence electrons. The van der Waals surface area contributed by atoms with Gasteiger partial charge in [-0.15, -0.1) is 11.3 Å². The molecule has 1 unspecified atom stereocenters. The van der Waals surface area contributed by atoms with Gasteiger partial charge in [0.05, 0.1) is 19.1 Å². The Balaban J connectivity index is 2.45. The number of rotatable bonds is 8. The van der Waals surface area contributed by atoms with E-state index in [1.165, 1.54) is 0 Å². The van der Waals surface area contributed by atoms with Crippen molar-refractivity contribution in [2.24, 2.45) is 0 Å². The summed E-state index contributed by atoms with van der Waals surface area (Å²) in [5.41, 5.74) is 0. The summed E-state index contributed by atoms with van der Waals surface area (Å²) in [4.78, 5) is 25.3. The van der Waals surface area contributed by atoms with Crippen LogP contribution < -0.4 is 5.32 Å². The zero-order valence-electron chi connectivity index (χ0n) is 11.3. The lowest BCUT2D eigenvalue weighted by Gasteiger charge is -2.20. The highest BCUT2D eigenvalue weighted by molar-refractivity contribution is 7.10. The summed E-state index contributed by atoms with van der Waals surface area (Å²) in [6, 6.07) is 3.87. The lowest BCUT2D eigenvalue weighted by Crippen LogP contribution is -2.40. The Bertz CT molecular complexity index is 406. The molecule has 0 aliphatic carbocycles. The molecule has 2 N–H and O–H groups in total. The fourth-order valence-electron chi connectivity index (χ4n) is 1.82. The molecule has 6 heteroatoms. The lowest BCUT2D eigenvalue weighted by atomic mass is 10.2. The molecular formula is C13H20N2O3S. The standard InChI is InChI=1S/C13H20N2O3S/c1-3-6-15(9-13(17)18)8-12(16)14-10(2)11-5-4-7-19-11/h4-5,7,10H,3,6,8-9H2,1-2H3,(H,14,16)(H,17,18). The van der Waals surface area contributed by atoms with E-state index < -0.39 is 5.97 Å². The van der Waals surface area contributed by atoms with E-state index in [1.807, 2.05) is 31.4 Å². The maximum Gasteiger partial charge on any atom is 0.317 e. The number of hydrogen-bond acceptors (Lipinski definition) is 4. The van der Waals surface area contributed by atoms with Crippen LogP contribution in [0.2, 0.25) is 0 Å². The molecule has 0 aliphatic heterocycles. The van der Waals surface area contributed by atoms with Gasteiger partial charge >= 0.3 is 5.97 Å². The number of hydrogen-bond donors (Lipinski definition) is 2. The highest BCUT2D eigenvalue weighted by atomic mass is 32.1. The Morgan fingerprint density at radius 2 is 2.21 bits per heavy atom. The second-order valence-corrected chi connectivity index (χ2v) is 5.39. The minimum Gasteiger partial charge on any atom is -0.480 e. The Hall–Kier alpha value is -1.40. The number of carboxylic acids is 1. The van der Waals surface area contributed by atoms with Crippen molar-refractivity contribution in [1.82, 2.24) is 10.2 Å². The van der Waals surface area contributed by atoms with Gasteiger partial charge in [-0.3, -0.25) is 14.5 Å². The average molecular weight is 284 g/mol. The van der Waals surface area contributed by atoms with Crippen molar-refractivity contribution < 1.29 is 14.7 Å². The molecule has 0 saturated heterocycles. The third-order valence-corrected chi connectivity index (χ3v) is 3.67. The minimum absolute atomic E-state index is 0.0409. The molecular weight excluding hydrogens is 264 g/mol. The van der Waals surface area contributed by atoms with Crippen molar-refractivity contribution in [3.63, 3.8) is 0 Å². The molecule has 0 spiro atoms. The quantitative estimate of drug-likeness (QED) is 0.762. The fraction of sp³-hybridized carbons (Fsp3) is 0.538. The molecule has 0 aliphatic rings. The van der Waals surface area contributed by atoms with Gasteiger partial charge < -0.3 is 10.4 Å². The van der Waals surface area contributed by atoms with E-state index in [0.29, 0.717) is 6.54 Å². The number of aliphatic carboxylic acids is 1. The van der Waals surface area contributed by atoms with E-state index in [-0.39, 0.29) is 25.0 Å². The highest BCUT2D eigenvalue weighted by Crippen LogP contribution is 2.17. The number of carbonyl (C=O) groups excluding carboxylic acids is 1. The maximum absolute atomic E-state index is 11.9. The number of carboxylic acid groups (broad SMARTS) is 1. The second-order valence-electron chi connectivity index (χ2n) is 4.41. The highest BCUT2D eigenvalue weighted by Gasteiger charge is 2.15. The van der Waals surface area contributed by atoms with Gasteiger partial charge in [-0.1, -0.05) is 13.0 Å². The normalized spacial score (nSPS) is 12.4. The van der Waals surface area contributed by atoms with Crippen molar-refractivity contribution in [2.75, 3.05) is 19.6 Å². The summed E-state index contributed by atoms with van der Waals surface area (Å²) in [6.45, 7) is 4.50. The van der Waals surface area contributed by atoms with Crippen LogP contribution in [-0.2, 0) is 9.59 Å². The van der Waals surface area contributed by atoms with E-state index in [2.05, 4.69) is 5.32 Å². The molecule has 0 fully saturated rings. The summed E-state index contributed by atoms with van der Waals surface area (Å²) in [6.07, 6.45) is 0.820. The number of carbonyl (C=O) groups is 2. The number of nitrogens with one attached hydrogen (secondary N) is 1. The molecule has 1 atom stereocenters. The first-order valence-electron chi connectivity index (χ1n) is 6.29. The predicted molar refractivity (Wildman–Crippen MR) is 75.2 cm³/mol. The molecule has 0 aromatic carbocycles. The van der Waals surface area contributed by atoms with E-state index in [9.17, 15) is 9.59 Å². The van der Waals surface area contributed by atoms with Gasteiger partial charge in [-0.25, -0.2) is 0 Å². The summed E-state index contributed by atoms with van der Waals surface area (Å²) in [5, 5.41) is 13.6. The van der Waals surface area contributed by atoms with Crippen LogP contribution in [0.25, 0.3) is 0 Å². The molecule has 1 aromatic rings. The van der Waals surface area contributed by atoms with Crippen molar-refractivity contribution >= 4 is 23.2 Å². The summed E-state index contributed by atoms with van der Waals surface area (Å²) in [5.74, 6) is -1.05. The van der Waals surface area contributed by atoms with E-state index in [4.69, 9.17) is 5.11 Å². The second kappa shape index (κ2) is 7.91. The molecule has 1 amide bonds. The van der Waals surface area contributed by atoms with Crippen LogP contribution in [0.1, 0.15) is 31.2 Å². The Morgan fingerprint density at radius 1 is 1.47 bits per heavy atom. The van der Waals surface area contributed by atoms with Crippen LogP contribution in [0.5, 0.6) is 0 Å². The smallest absolute Gasteiger partial charge is 0.317 e. The van der Waals surface area contributed by atoms with Crippen LogP contribution in [-0.4, -0.2) is 41.5 Å². The third-order valence-electron chi connectivity index (χ3n) is 2.61. The van der Waals surface area contributed by atoms with E-state index in [1.54, 1.807) is 16.2 Å². The first-order valence-corrected chi connectivity index (χ1v) is 7.17. The molecule has 19 heavy (non-hydrogen) atoms. The first kappa shape index (κ1) is 15.7. The maximum atomic E-state index is 11.9. The molecule has 1 rings (SSSR count). The molecule has 0 saturated carbocycles. The molecule has 1 aromatic heterocycles. The van der Waals surface area contributed by atoms with Gasteiger partial charge in [0.2, 0.25) is 5.91 Å². The van der Waals surface area contributed by atoms with Gasteiger partial charge in [0, 0.05) is 4.88 Å². The number of nitrogens with zero attached hydrogens (tertiary/aromatic N) is 1. The fourth-order valence-corrected chi connectivity index (χ4v) is 2.55. The summed E-state index contributed by atoms with van der Waals surface area (Å²) in [7, 11) is 0. The van der Waals surface area contributed by atoms with Gasteiger partial charge in [0.1, 0.15) is 0 Å². The van der Waals surface area contributed by atoms with Gasteiger partial charge in [0.25, 0.3) is 0 Å². The number of amides is 1. The van der Waals surface area contributed by atoms with Crippen molar-refractivity contribution in [3.05, 3.63) is 22.4 Å². The minimum atomic E-state index is -0.910. The average Bonchev–Trinajstić information content (AvgIpc) is 2.81. The van der Waals surface area contributed by atoms with E-state index in [0.717, 1.165) is 11.3 Å². The van der Waals surface area contributed by atoms with Crippen molar-refractivity contribution in [2.45, 2.75) is 26.3 Å². The largest absolute Gasteiger partial charge is 0.480 e. The monoisotopic (exact) mass is 284 g/mol. The third kappa shape index (κ3) is 5.85. The van der Waals surface area contributed by atoms with Gasteiger partial charge in [-0.2, -0.15) is 0 Å². The zero-order chi connectivity index (χ0) is 14.3. The molecule has 5 nitrogen and oxygen atoms in total. The van der Waals surface area contributed by atoms with Crippen molar-refractivity contribution in [1.29, 1.82) is 0 Å². The van der Waals surface area contributed by atoms with Crippen LogP contribution in [0.15, 0.2) is 17.5 Å². The Kier molecular flexibility index (Phi) is 6.52. The SMILES string of the molecule is CCCN(CC(=O)O)CC(=O)NC(C)c1cccs1. The van der Waals surface area contributed by atoms with Crippen LogP contribution in [0.4, 0.5) is 0 Å². The first-order chi connectivity index (χ1) is 9.02. The summed E-state index contributed by atoms with van der Waals surface area (Å²) >= 11 is 1.59. The van der Waals surface area contributed by atoms with Gasteiger partial charge in [-0.05, 0) is 31.3 Å². The molecule has 0 radical (unpaired) electrons. The van der Waals surface area contributed by atoms with E-state index >= 15 is 0 Å². The number of thiophene rings is 1. The molecule has 0 bridgehead atoms. The van der Waals surface area contributed by atoms with Crippen molar-refractivity contribution in [3.8, 4) is 0 Å². The molecule has 1 heterocycles. The zero-order valence-corrected chi connectivity index (χ0v) is 12.1. The Labute approximate surface area is 117 Å². The predicted octanol–water partition coefficient (Wildman–Crippen LogP) is 1.72. The van der Waals surface area contributed by atoms with Gasteiger partial charge in [0.15, 0.2) is 0 Å². The topological polar surface area (TPSA) is 69.6 Å². The van der Waals surface area contributed by atoms with Crippen LogP contribution >= 0.6 is 11.3 Å². The van der Waals surface area contributed by atoms with Crippen LogP contribution in [0, 0.1) is 0 Å². The summed E-state index contributed by atoms with van der Waals surface area (Å²) < 4.78 is 0. The Morgan fingerprint density at radius 3 is 2.74 bits per heavy atom. The van der Waals surface area contributed by atoms with Crippen LogP contribution in [0.3, 0.4) is 0 Å².